The molecular weight excluding hydrogens is 679 g/mol. The van der Waals surface area contributed by atoms with Crippen molar-refractivity contribution < 1.29 is 0 Å². The van der Waals surface area contributed by atoms with Gasteiger partial charge in [0.05, 0.1) is 10.7 Å². The largest absolute Gasteiger partial charge is 0.361 e. The van der Waals surface area contributed by atoms with Crippen LogP contribution >= 0.6 is 67.3 Å². The van der Waals surface area contributed by atoms with Gasteiger partial charge in [0.2, 0.25) is 0 Å². The number of anilines is 2. The fraction of sp³-hybridized carbons (Fsp3) is 0.0333. The van der Waals surface area contributed by atoms with Crippen LogP contribution in [0.4, 0.5) is 11.4 Å². The maximum Gasteiger partial charge on any atom is 0.175 e. The normalized spacial score (nSPS) is 11.4. The molecule has 6 rings (SSSR count). The SMILES string of the molecule is S=C(Nc1ccc(C(c2c[nH]c3ccc(Br)cc23)c2c[nH]c3ccc(Br)cc23)cc1)Nc1cc(Cl)ccc1Cl. The molecule has 0 unspecified atom stereocenters. The lowest BCUT2D eigenvalue weighted by atomic mass is 9.84. The van der Waals surface area contributed by atoms with Crippen LogP contribution in [0.3, 0.4) is 0 Å². The first kappa shape index (κ1) is 26.4. The topological polar surface area (TPSA) is 55.6 Å². The Balaban J connectivity index is 1.37. The Morgan fingerprint density at radius 1 is 0.718 bits per heavy atom. The van der Waals surface area contributed by atoms with Crippen molar-refractivity contribution in [2.24, 2.45) is 0 Å². The quantitative estimate of drug-likeness (QED) is 0.136. The Bertz CT molecular complexity index is 1770. The van der Waals surface area contributed by atoms with E-state index in [-0.39, 0.29) is 5.92 Å². The summed E-state index contributed by atoms with van der Waals surface area (Å²) in [6.45, 7) is 0. The number of benzene rings is 4. The van der Waals surface area contributed by atoms with Crippen LogP contribution in [0.2, 0.25) is 10.0 Å². The first-order chi connectivity index (χ1) is 18.9. The molecule has 4 nitrogen and oxygen atoms in total. The van der Waals surface area contributed by atoms with Crippen LogP contribution < -0.4 is 10.6 Å². The highest BCUT2D eigenvalue weighted by atomic mass is 79.9. The molecule has 0 aliphatic rings. The van der Waals surface area contributed by atoms with Crippen LogP contribution in [0.5, 0.6) is 0 Å². The van der Waals surface area contributed by atoms with E-state index < -0.39 is 0 Å². The molecule has 0 radical (unpaired) electrons. The zero-order chi connectivity index (χ0) is 27.1. The van der Waals surface area contributed by atoms with Gasteiger partial charge >= 0.3 is 0 Å². The van der Waals surface area contributed by atoms with Crippen molar-refractivity contribution in [3.63, 3.8) is 0 Å². The van der Waals surface area contributed by atoms with E-state index in [1.165, 1.54) is 21.9 Å². The Hall–Kier alpha value is -2.81. The first-order valence-corrected chi connectivity index (χ1v) is 14.8. The van der Waals surface area contributed by atoms with E-state index in [1.807, 2.05) is 24.3 Å². The molecule has 0 amide bonds. The lowest BCUT2D eigenvalue weighted by Gasteiger charge is -2.19. The van der Waals surface area contributed by atoms with Crippen molar-refractivity contribution in [2.45, 2.75) is 5.92 Å². The van der Waals surface area contributed by atoms with Crippen LogP contribution in [0, 0.1) is 0 Å². The van der Waals surface area contributed by atoms with Crippen LogP contribution in [0.15, 0.2) is 100 Å². The molecule has 0 saturated carbocycles. The number of aromatic amines is 2. The molecule has 2 heterocycles. The molecule has 194 valence electrons. The third-order valence-electron chi connectivity index (χ3n) is 6.65. The van der Waals surface area contributed by atoms with Gasteiger partial charge in [0.1, 0.15) is 0 Å². The number of fused-ring (bicyclic) bond motifs is 2. The zero-order valence-corrected chi connectivity index (χ0v) is 25.7. The van der Waals surface area contributed by atoms with Gasteiger partial charge in [-0.05, 0) is 95.6 Å². The summed E-state index contributed by atoms with van der Waals surface area (Å²) in [5, 5.41) is 10.2. The van der Waals surface area contributed by atoms with Crippen molar-refractivity contribution in [3.8, 4) is 0 Å². The van der Waals surface area contributed by atoms with Crippen molar-refractivity contribution in [1.82, 2.24) is 9.97 Å². The molecule has 6 aromatic rings. The molecular formula is C30H20Br2Cl2N4S. The third-order valence-corrected chi connectivity index (χ3v) is 8.41. The highest BCUT2D eigenvalue weighted by molar-refractivity contribution is 9.10. The summed E-state index contributed by atoms with van der Waals surface area (Å²) in [6.07, 6.45) is 4.22. The van der Waals surface area contributed by atoms with Gasteiger partial charge in [0.15, 0.2) is 5.11 Å². The summed E-state index contributed by atoms with van der Waals surface area (Å²) in [4.78, 5) is 6.92. The molecule has 9 heteroatoms. The average molecular weight is 699 g/mol. The predicted octanol–water partition coefficient (Wildman–Crippen LogP) is 10.5. The monoisotopic (exact) mass is 696 g/mol. The number of nitrogens with one attached hydrogen (secondary N) is 4. The number of halogens is 4. The van der Waals surface area contributed by atoms with Crippen molar-refractivity contribution >= 4 is 106 Å². The summed E-state index contributed by atoms with van der Waals surface area (Å²) in [6, 6.07) is 26.2. The maximum atomic E-state index is 6.28. The van der Waals surface area contributed by atoms with Crippen molar-refractivity contribution in [3.05, 3.63) is 127 Å². The van der Waals surface area contributed by atoms with E-state index in [4.69, 9.17) is 35.4 Å². The molecule has 0 fully saturated rings. The van der Waals surface area contributed by atoms with Crippen LogP contribution in [-0.4, -0.2) is 15.1 Å². The molecule has 39 heavy (non-hydrogen) atoms. The maximum absolute atomic E-state index is 6.28. The number of hydrogen-bond acceptors (Lipinski definition) is 1. The van der Waals surface area contributed by atoms with Gasteiger partial charge < -0.3 is 20.6 Å². The lowest BCUT2D eigenvalue weighted by Crippen LogP contribution is -2.19. The molecule has 0 spiro atoms. The second kappa shape index (κ2) is 11.0. The van der Waals surface area contributed by atoms with E-state index in [1.54, 1.807) is 18.2 Å². The second-order valence-corrected chi connectivity index (χ2v) is 12.2. The van der Waals surface area contributed by atoms with Gasteiger partial charge in [-0.1, -0.05) is 67.2 Å². The second-order valence-electron chi connectivity index (χ2n) is 9.13. The van der Waals surface area contributed by atoms with E-state index in [0.29, 0.717) is 20.8 Å². The van der Waals surface area contributed by atoms with Gasteiger partial charge in [-0.2, -0.15) is 0 Å². The Morgan fingerprint density at radius 3 is 1.90 bits per heavy atom. The predicted molar refractivity (Wildman–Crippen MR) is 176 cm³/mol. The van der Waals surface area contributed by atoms with Gasteiger partial charge in [0, 0.05) is 59.8 Å². The number of hydrogen-bond donors (Lipinski definition) is 4. The number of H-pyrrole nitrogens is 2. The Labute approximate surface area is 257 Å². The van der Waals surface area contributed by atoms with Crippen LogP contribution in [0.1, 0.15) is 22.6 Å². The van der Waals surface area contributed by atoms with Gasteiger partial charge in [-0.25, -0.2) is 0 Å². The molecule has 2 aromatic heterocycles. The lowest BCUT2D eigenvalue weighted by molar-refractivity contribution is 0.998. The Morgan fingerprint density at radius 2 is 1.31 bits per heavy atom. The highest BCUT2D eigenvalue weighted by Crippen LogP contribution is 2.41. The highest BCUT2D eigenvalue weighted by Gasteiger charge is 2.23. The number of rotatable bonds is 5. The van der Waals surface area contributed by atoms with Crippen LogP contribution in [0.25, 0.3) is 21.8 Å². The van der Waals surface area contributed by atoms with Crippen LogP contribution in [-0.2, 0) is 0 Å². The molecule has 4 aromatic carbocycles. The van der Waals surface area contributed by atoms with Gasteiger partial charge in [0.25, 0.3) is 0 Å². The van der Waals surface area contributed by atoms with E-state index in [2.05, 4.69) is 101 Å². The number of thiocarbonyl (C=S) groups is 1. The van der Waals surface area contributed by atoms with Crippen molar-refractivity contribution in [1.29, 1.82) is 0 Å². The van der Waals surface area contributed by atoms with E-state index in [9.17, 15) is 0 Å². The molecule has 0 saturated heterocycles. The minimum Gasteiger partial charge on any atom is -0.361 e. The minimum atomic E-state index is -0.0134. The first-order valence-electron chi connectivity index (χ1n) is 12.0. The summed E-state index contributed by atoms with van der Waals surface area (Å²) in [5.41, 5.74) is 7.23. The minimum absolute atomic E-state index is 0.0134. The van der Waals surface area contributed by atoms with E-state index >= 15 is 0 Å². The summed E-state index contributed by atoms with van der Waals surface area (Å²) < 4.78 is 2.08. The average Bonchev–Trinajstić information content (AvgIpc) is 3.51. The van der Waals surface area contributed by atoms with E-state index in [0.717, 1.165) is 31.2 Å². The fourth-order valence-corrected chi connectivity index (χ4v) is 6.16. The van der Waals surface area contributed by atoms with Gasteiger partial charge in [-0.3, -0.25) is 0 Å². The summed E-state index contributed by atoms with van der Waals surface area (Å²) in [7, 11) is 0. The smallest absolute Gasteiger partial charge is 0.175 e. The molecule has 0 aliphatic heterocycles. The molecule has 0 bridgehead atoms. The van der Waals surface area contributed by atoms with Gasteiger partial charge in [-0.15, -0.1) is 0 Å². The zero-order valence-electron chi connectivity index (χ0n) is 20.2. The molecule has 0 atom stereocenters. The summed E-state index contributed by atoms with van der Waals surface area (Å²) >= 11 is 25.2. The fourth-order valence-electron chi connectivity index (χ4n) is 4.87. The number of aromatic nitrogens is 2. The summed E-state index contributed by atoms with van der Waals surface area (Å²) in [5.74, 6) is -0.0134. The standard InChI is InChI=1S/C30H20Br2Cl2N4S/c31-17-3-9-26-21(11-17)23(14-35-26)29(24-15-36-27-10-4-18(32)12-22(24)27)16-1-6-20(7-2-16)37-30(39)38-28-13-19(33)5-8-25(28)34/h1-15,29,35-36H,(H2,37,38,39). The Kier molecular flexibility index (Phi) is 7.44. The van der Waals surface area contributed by atoms with Crippen molar-refractivity contribution in [2.75, 3.05) is 10.6 Å². The third kappa shape index (κ3) is 5.47. The molecule has 0 aliphatic carbocycles. The molecule has 4 N–H and O–H groups in total.